The van der Waals surface area contributed by atoms with Crippen LogP contribution in [0.4, 0.5) is 11.4 Å². The molecule has 0 saturated carbocycles. The van der Waals surface area contributed by atoms with E-state index in [1.165, 1.54) is 0 Å². The van der Waals surface area contributed by atoms with E-state index in [1.807, 2.05) is 48.5 Å². The Morgan fingerprint density at radius 1 is 0.720 bits per heavy atom. The summed E-state index contributed by atoms with van der Waals surface area (Å²) in [4.78, 5) is 24.8. The molecule has 124 valence electrons. The smallest absolute Gasteiger partial charge is 0.163 e. The van der Waals surface area contributed by atoms with Crippen molar-refractivity contribution >= 4 is 22.9 Å². The second-order valence-electron chi connectivity index (χ2n) is 6.14. The average molecular weight is 332 g/mol. The number of hydrogen-bond acceptors (Lipinski definition) is 6. The standard InChI is InChI=1S/C19H16N4O2/c24-16(18-12-6-1-3-8-14(12)20-22-18)10-5-11-17(25)19-13-7-2-4-9-15(13)21-23-19/h1-4,6-9,18-19H,5,10-11H2. The van der Waals surface area contributed by atoms with Crippen LogP contribution in [0.1, 0.15) is 42.5 Å². The van der Waals surface area contributed by atoms with Gasteiger partial charge < -0.3 is 0 Å². The first-order valence-electron chi connectivity index (χ1n) is 8.29. The number of Topliss-reactive ketones (excluding diaryl/α,β-unsaturated/α-hetero) is 2. The quantitative estimate of drug-likeness (QED) is 0.748. The summed E-state index contributed by atoms with van der Waals surface area (Å²) in [6.45, 7) is 0. The van der Waals surface area contributed by atoms with E-state index in [9.17, 15) is 9.59 Å². The molecule has 0 bridgehead atoms. The minimum absolute atomic E-state index is 0.00468. The second-order valence-corrected chi connectivity index (χ2v) is 6.14. The van der Waals surface area contributed by atoms with Crippen molar-refractivity contribution in [3.63, 3.8) is 0 Å². The van der Waals surface area contributed by atoms with Gasteiger partial charge >= 0.3 is 0 Å². The van der Waals surface area contributed by atoms with Crippen LogP contribution in [-0.2, 0) is 9.59 Å². The van der Waals surface area contributed by atoms with Gasteiger partial charge in [-0.15, -0.1) is 0 Å². The largest absolute Gasteiger partial charge is 0.297 e. The lowest BCUT2D eigenvalue weighted by molar-refractivity contribution is -0.121. The molecule has 0 aliphatic carbocycles. The molecule has 0 aromatic heterocycles. The fourth-order valence-corrected chi connectivity index (χ4v) is 3.17. The highest BCUT2D eigenvalue weighted by atomic mass is 16.1. The summed E-state index contributed by atoms with van der Waals surface area (Å²) in [5.41, 5.74) is 3.19. The average Bonchev–Trinajstić information content (AvgIpc) is 3.26. The Hall–Kier alpha value is -3.02. The maximum absolute atomic E-state index is 12.4. The number of hydrogen-bond donors (Lipinski definition) is 0. The van der Waals surface area contributed by atoms with Crippen LogP contribution in [0.3, 0.4) is 0 Å². The highest BCUT2D eigenvalue weighted by Crippen LogP contribution is 2.38. The first kappa shape index (κ1) is 15.5. The van der Waals surface area contributed by atoms with Crippen LogP contribution >= 0.6 is 0 Å². The maximum Gasteiger partial charge on any atom is 0.163 e. The summed E-state index contributed by atoms with van der Waals surface area (Å²) in [6, 6.07) is 13.9. The van der Waals surface area contributed by atoms with Gasteiger partial charge in [-0.3, -0.25) is 9.59 Å². The topological polar surface area (TPSA) is 83.6 Å². The van der Waals surface area contributed by atoms with E-state index in [4.69, 9.17) is 0 Å². The molecule has 2 aromatic carbocycles. The molecule has 0 amide bonds. The van der Waals surface area contributed by atoms with Crippen LogP contribution in [0.2, 0.25) is 0 Å². The molecule has 2 heterocycles. The van der Waals surface area contributed by atoms with Crippen molar-refractivity contribution in [2.24, 2.45) is 20.5 Å². The van der Waals surface area contributed by atoms with Gasteiger partial charge in [-0.25, -0.2) is 0 Å². The normalized spacial score (nSPS) is 19.7. The van der Waals surface area contributed by atoms with Crippen LogP contribution in [0, 0.1) is 0 Å². The predicted octanol–water partition coefficient (Wildman–Crippen LogP) is 4.97. The third kappa shape index (κ3) is 2.91. The number of carbonyl (C=O) groups excluding carboxylic acids is 2. The van der Waals surface area contributed by atoms with Gasteiger partial charge in [-0.2, -0.15) is 20.5 Å². The predicted molar refractivity (Wildman–Crippen MR) is 91.3 cm³/mol. The summed E-state index contributed by atoms with van der Waals surface area (Å²) in [5, 5.41) is 16.2. The third-order valence-electron chi connectivity index (χ3n) is 4.48. The summed E-state index contributed by atoms with van der Waals surface area (Å²) in [7, 11) is 0. The monoisotopic (exact) mass is 332 g/mol. The lowest BCUT2D eigenvalue weighted by atomic mass is 9.96. The van der Waals surface area contributed by atoms with E-state index in [0.29, 0.717) is 19.3 Å². The molecule has 0 radical (unpaired) electrons. The van der Waals surface area contributed by atoms with Gasteiger partial charge in [-0.05, 0) is 18.6 Å². The summed E-state index contributed by atoms with van der Waals surface area (Å²) in [5.74, 6) is -0.00935. The fraction of sp³-hybridized carbons (Fsp3) is 0.263. The van der Waals surface area contributed by atoms with Crippen molar-refractivity contribution < 1.29 is 9.59 Å². The van der Waals surface area contributed by atoms with E-state index in [0.717, 1.165) is 22.5 Å². The highest BCUT2D eigenvalue weighted by molar-refractivity contribution is 5.90. The lowest BCUT2D eigenvalue weighted by Gasteiger charge is -2.08. The van der Waals surface area contributed by atoms with E-state index >= 15 is 0 Å². The number of fused-ring (bicyclic) bond motifs is 2. The Morgan fingerprint density at radius 2 is 1.16 bits per heavy atom. The van der Waals surface area contributed by atoms with Crippen molar-refractivity contribution in [2.75, 3.05) is 0 Å². The van der Waals surface area contributed by atoms with Crippen LogP contribution in [0.5, 0.6) is 0 Å². The molecule has 25 heavy (non-hydrogen) atoms. The number of carbonyl (C=O) groups is 2. The Morgan fingerprint density at radius 3 is 1.64 bits per heavy atom. The molecule has 6 nitrogen and oxygen atoms in total. The molecule has 2 unspecified atom stereocenters. The molecule has 0 fully saturated rings. The number of ketones is 2. The molecule has 4 rings (SSSR count). The molecule has 2 aromatic rings. The van der Waals surface area contributed by atoms with Gasteiger partial charge in [-0.1, -0.05) is 36.4 Å². The molecular weight excluding hydrogens is 316 g/mol. The van der Waals surface area contributed by atoms with Gasteiger partial charge in [0, 0.05) is 24.0 Å². The summed E-state index contributed by atoms with van der Waals surface area (Å²) < 4.78 is 0. The first-order valence-corrected chi connectivity index (χ1v) is 8.29. The van der Waals surface area contributed by atoms with E-state index in [2.05, 4.69) is 20.5 Å². The fourth-order valence-electron chi connectivity index (χ4n) is 3.17. The van der Waals surface area contributed by atoms with E-state index < -0.39 is 12.1 Å². The van der Waals surface area contributed by atoms with Crippen molar-refractivity contribution in [1.82, 2.24) is 0 Å². The highest BCUT2D eigenvalue weighted by Gasteiger charge is 2.29. The van der Waals surface area contributed by atoms with Gasteiger partial charge in [0.15, 0.2) is 23.7 Å². The zero-order chi connectivity index (χ0) is 17.2. The zero-order valence-electron chi connectivity index (χ0n) is 13.5. The van der Waals surface area contributed by atoms with Crippen LogP contribution in [-0.4, -0.2) is 11.6 Å². The van der Waals surface area contributed by atoms with E-state index in [1.54, 1.807) is 0 Å². The number of benzene rings is 2. The zero-order valence-corrected chi connectivity index (χ0v) is 13.5. The summed E-state index contributed by atoms with van der Waals surface area (Å²) in [6.07, 6.45) is 1.09. The van der Waals surface area contributed by atoms with Crippen LogP contribution in [0.25, 0.3) is 0 Å². The van der Waals surface area contributed by atoms with Crippen molar-refractivity contribution in [2.45, 2.75) is 31.3 Å². The first-order chi connectivity index (χ1) is 12.2. The SMILES string of the molecule is O=C(CCCC(=O)C1N=Nc2ccccc21)C1N=Nc2ccccc21. The number of nitrogens with zero attached hydrogens (tertiary/aromatic N) is 4. The third-order valence-corrected chi connectivity index (χ3v) is 4.48. The van der Waals surface area contributed by atoms with Crippen LogP contribution < -0.4 is 0 Å². The molecule has 2 atom stereocenters. The number of rotatable bonds is 6. The molecule has 0 saturated heterocycles. The van der Waals surface area contributed by atoms with Crippen LogP contribution in [0.15, 0.2) is 69.0 Å². The summed E-state index contributed by atoms with van der Waals surface area (Å²) >= 11 is 0. The molecule has 0 spiro atoms. The lowest BCUT2D eigenvalue weighted by Crippen LogP contribution is -2.11. The molecule has 6 heteroatoms. The van der Waals surface area contributed by atoms with E-state index in [-0.39, 0.29) is 11.6 Å². The Balaban J connectivity index is 1.33. The van der Waals surface area contributed by atoms with Gasteiger partial charge in [0.2, 0.25) is 0 Å². The van der Waals surface area contributed by atoms with Gasteiger partial charge in [0.05, 0.1) is 11.4 Å². The Kier molecular flexibility index (Phi) is 4.01. The van der Waals surface area contributed by atoms with Crippen molar-refractivity contribution in [1.29, 1.82) is 0 Å². The molecule has 2 aliphatic heterocycles. The number of azo groups is 2. The Labute approximate surface area is 144 Å². The van der Waals surface area contributed by atoms with Gasteiger partial charge in [0.1, 0.15) is 0 Å². The maximum atomic E-state index is 12.4. The molecule has 2 aliphatic rings. The molecular formula is C19H16N4O2. The second kappa shape index (κ2) is 6.47. The minimum atomic E-state index is -0.529. The molecule has 0 N–H and O–H groups in total. The van der Waals surface area contributed by atoms with Crippen molar-refractivity contribution in [3.8, 4) is 0 Å². The van der Waals surface area contributed by atoms with Crippen molar-refractivity contribution in [3.05, 3.63) is 59.7 Å². The Bertz CT molecular complexity index is 830. The minimum Gasteiger partial charge on any atom is -0.297 e. The van der Waals surface area contributed by atoms with Gasteiger partial charge in [0.25, 0.3) is 0 Å².